The lowest BCUT2D eigenvalue weighted by atomic mass is 10.3. The van der Waals surface area contributed by atoms with Crippen LogP contribution in [0.2, 0.25) is 0 Å². The van der Waals surface area contributed by atoms with Gasteiger partial charge in [-0.3, -0.25) is 9.29 Å². The molecule has 1 heterocycles. The highest BCUT2D eigenvalue weighted by Gasteiger charge is 2.27. The monoisotopic (exact) mass is 340 g/mol. The number of phenols is 1. The SMILES string of the molecule is O=S(=O)(c1ccccc1)N(Cc1ccccn1)c1ccccc1O. The zero-order valence-corrected chi connectivity index (χ0v) is 13.6. The zero-order valence-electron chi connectivity index (χ0n) is 12.8. The Bertz CT molecular complexity index is 913. The Hall–Kier alpha value is -2.86. The number of pyridine rings is 1. The lowest BCUT2D eigenvalue weighted by molar-refractivity contribution is 0.475. The number of aromatic nitrogens is 1. The summed E-state index contributed by atoms with van der Waals surface area (Å²) in [7, 11) is -3.84. The number of hydrogen-bond acceptors (Lipinski definition) is 4. The number of anilines is 1. The lowest BCUT2D eigenvalue weighted by Gasteiger charge is -2.25. The number of sulfonamides is 1. The van der Waals surface area contributed by atoms with Gasteiger partial charge >= 0.3 is 0 Å². The molecule has 0 amide bonds. The van der Waals surface area contributed by atoms with E-state index >= 15 is 0 Å². The van der Waals surface area contributed by atoms with Crippen molar-refractivity contribution < 1.29 is 13.5 Å². The molecule has 0 bridgehead atoms. The Balaban J connectivity index is 2.10. The summed E-state index contributed by atoms with van der Waals surface area (Å²) in [5.74, 6) is -0.104. The first-order valence-electron chi connectivity index (χ1n) is 7.35. The van der Waals surface area contributed by atoms with E-state index in [1.54, 1.807) is 60.8 Å². The van der Waals surface area contributed by atoms with Crippen LogP contribution in [0.4, 0.5) is 5.69 Å². The summed E-state index contributed by atoms with van der Waals surface area (Å²) < 4.78 is 27.3. The van der Waals surface area contributed by atoms with E-state index in [-0.39, 0.29) is 22.9 Å². The number of hydrogen-bond donors (Lipinski definition) is 1. The van der Waals surface area contributed by atoms with Crippen molar-refractivity contribution in [3.05, 3.63) is 84.7 Å². The van der Waals surface area contributed by atoms with Crippen LogP contribution in [0.5, 0.6) is 5.75 Å². The first kappa shape index (κ1) is 16.0. The molecule has 3 aromatic rings. The molecule has 3 rings (SSSR count). The summed E-state index contributed by atoms with van der Waals surface area (Å²) in [4.78, 5) is 4.35. The number of para-hydroxylation sites is 2. The molecule has 5 nitrogen and oxygen atoms in total. The van der Waals surface area contributed by atoms with Crippen LogP contribution in [-0.4, -0.2) is 18.5 Å². The first-order chi connectivity index (χ1) is 11.6. The lowest BCUT2D eigenvalue weighted by Crippen LogP contribution is -2.31. The van der Waals surface area contributed by atoms with E-state index in [0.717, 1.165) is 0 Å². The highest BCUT2D eigenvalue weighted by Crippen LogP contribution is 2.32. The Labute approximate surface area is 140 Å². The van der Waals surface area contributed by atoms with Gasteiger partial charge in [-0.15, -0.1) is 0 Å². The van der Waals surface area contributed by atoms with E-state index in [9.17, 15) is 13.5 Å². The molecule has 1 aromatic heterocycles. The fourth-order valence-corrected chi connectivity index (χ4v) is 3.80. The number of benzene rings is 2. The molecule has 2 aromatic carbocycles. The quantitative estimate of drug-likeness (QED) is 0.774. The molecule has 0 unspecified atom stereocenters. The van der Waals surface area contributed by atoms with E-state index in [1.807, 2.05) is 0 Å². The van der Waals surface area contributed by atoms with E-state index in [2.05, 4.69) is 4.98 Å². The Morgan fingerprint density at radius 2 is 1.54 bits per heavy atom. The molecule has 0 aliphatic heterocycles. The molecule has 0 atom stereocenters. The second-order valence-corrected chi connectivity index (χ2v) is 7.00. The minimum Gasteiger partial charge on any atom is -0.506 e. The van der Waals surface area contributed by atoms with Crippen molar-refractivity contribution in [1.82, 2.24) is 4.98 Å². The molecule has 6 heteroatoms. The summed E-state index contributed by atoms with van der Waals surface area (Å²) in [6.45, 7) is 0.0235. The van der Waals surface area contributed by atoms with E-state index < -0.39 is 10.0 Å². The van der Waals surface area contributed by atoms with Gasteiger partial charge in [0.15, 0.2) is 0 Å². The minimum absolute atomic E-state index is 0.0235. The van der Waals surface area contributed by atoms with Crippen LogP contribution in [-0.2, 0) is 16.6 Å². The summed E-state index contributed by atoms with van der Waals surface area (Å²) in [5.41, 5.74) is 0.798. The molecule has 0 spiro atoms. The van der Waals surface area contributed by atoms with Gasteiger partial charge in [-0.05, 0) is 36.4 Å². The van der Waals surface area contributed by atoms with E-state index in [4.69, 9.17) is 0 Å². The standard InChI is InChI=1S/C18H16N2O3S/c21-18-12-5-4-11-17(18)20(14-15-8-6-7-13-19-15)24(22,23)16-9-2-1-3-10-16/h1-13,21H,14H2. The summed E-state index contributed by atoms with van der Waals surface area (Å²) in [5, 5.41) is 10.1. The molecule has 0 aliphatic carbocycles. The van der Waals surface area contributed by atoms with Crippen LogP contribution in [0.3, 0.4) is 0 Å². The van der Waals surface area contributed by atoms with Crippen molar-refractivity contribution in [2.75, 3.05) is 4.31 Å². The highest BCUT2D eigenvalue weighted by molar-refractivity contribution is 7.92. The highest BCUT2D eigenvalue weighted by atomic mass is 32.2. The predicted molar refractivity (Wildman–Crippen MR) is 92.2 cm³/mol. The first-order valence-corrected chi connectivity index (χ1v) is 8.79. The molecule has 0 fully saturated rings. The van der Waals surface area contributed by atoms with Crippen LogP contribution in [0.1, 0.15) is 5.69 Å². The average molecular weight is 340 g/mol. The van der Waals surface area contributed by atoms with Crippen molar-refractivity contribution in [2.45, 2.75) is 11.4 Å². The topological polar surface area (TPSA) is 70.5 Å². The van der Waals surface area contributed by atoms with Crippen LogP contribution >= 0.6 is 0 Å². The van der Waals surface area contributed by atoms with Crippen LogP contribution in [0.15, 0.2) is 83.9 Å². The third-order valence-corrected chi connectivity index (χ3v) is 5.29. The summed E-state index contributed by atoms with van der Waals surface area (Å²) in [6, 6.07) is 19.8. The van der Waals surface area contributed by atoms with Gasteiger partial charge in [0.25, 0.3) is 10.0 Å². The van der Waals surface area contributed by atoms with Crippen molar-refractivity contribution >= 4 is 15.7 Å². The fraction of sp³-hybridized carbons (Fsp3) is 0.0556. The molecule has 0 radical (unpaired) electrons. The van der Waals surface area contributed by atoms with Gasteiger partial charge in [-0.1, -0.05) is 36.4 Å². The van der Waals surface area contributed by atoms with Gasteiger partial charge in [-0.25, -0.2) is 8.42 Å². The maximum Gasteiger partial charge on any atom is 0.264 e. The predicted octanol–water partition coefficient (Wildman–Crippen LogP) is 3.18. The normalized spacial score (nSPS) is 11.2. The van der Waals surface area contributed by atoms with E-state index in [1.165, 1.54) is 22.5 Å². The van der Waals surface area contributed by atoms with Crippen molar-refractivity contribution in [3.8, 4) is 5.75 Å². The minimum atomic E-state index is -3.84. The van der Waals surface area contributed by atoms with Crippen LogP contribution in [0, 0.1) is 0 Å². The molecule has 24 heavy (non-hydrogen) atoms. The van der Waals surface area contributed by atoms with Crippen LogP contribution in [0.25, 0.3) is 0 Å². The van der Waals surface area contributed by atoms with E-state index in [0.29, 0.717) is 5.69 Å². The van der Waals surface area contributed by atoms with Crippen molar-refractivity contribution in [1.29, 1.82) is 0 Å². The van der Waals surface area contributed by atoms with Crippen molar-refractivity contribution in [2.24, 2.45) is 0 Å². The van der Waals surface area contributed by atoms with Gasteiger partial charge in [0.05, 0.1) is 22.8 Å². The average Bonchev–Trinajstić information content (AvgIpc) is 2.62. The number of nitrogens with zero attached hydrogens (tertiary/aromatic N) is 2. The molecule has 122 valence electrons. The molecule has 1 N–H and O–H groups in total. The van der Waals surface area contributed by atoms with Gasteiger partial charge in [0.1, 0.15) is 5.75 Å². The molecular weight excluding hydrogens is 324 g/mol. The third kappa shape index (κ3) is 3.23. The Morgan fingerprint density at radius 3 is 2.21 bits per heavy atom. The largest absolute Gasteiger partial charge is 0.506 e. The Kier molecular flexibility index (Phi) is 4.48. The van der Waals surface area contributed by atoms with Gasteiger partial charge < -0.3 is 5.11 Å². The number of aromatic hydroxyl groups is 1. The Morgan fingerprint density at radius 1 is 0.875 bits per heavy atom. The fourth-order valence-electron chi connectivity index (χ4n) is 2.33. The van der Waals surface area contributed by atoms with Gasteiger partial charge in [0, 0.05) is 6.20 Å². The second-order valence-electron chi connectivity index (χ2n) is 5.13. The molecular formula is C18H16N2O3S. The zero-order chi connectivity index (χ0) is 17.0. The number of phenolic OH excluding ortho intramolecular Hbond substituents is 1. The van der Waals surface area contributed by atoms with Crippen molar-refractivity contribution in [3.63, 3.8) is 0 Å². The third-order valence-electron chi connectivity index (χ3n) is 3.51. The van der Waals surface area contributed by atoms with Crippen LogP contribution < -0.4 is 4.31 Å². The molecule has 0 aliphatic rings. The van der Waals surface area contributed by atoms with Gasteiger partial charge in [-0.2, -0.15) is 0 Å². The summed E-state index contributed by atoms with van der Waals surface area (Å²) >= 11 is 0. The molecule has 0 saturated heterocycles. The maximum absolute atomic E-state index is 13.1. The smallest absolute Gasteiger partial charge is 0.264 e. The second kappa shape index (κ2) is 6.72. The summed E-state index contributed by atoms with van der Waals surface area (Å²) in [6.07, 6.45) is 1.60. The number of rotatable bonds is 5. The van der Waals surface area contributed by atoms with Gasteiger partial charge in [0.2, 0.25) is 0 Å². The maximum atomic E-state index is 13.1. The molecule has 0 saturated carbocycles.